The summed E-state index contributed by atoms with van der Waals surface area (Å²) in [6.07, 6.45) is -4.55. The molecule has 7 heteroatoms. The number of halogens is 3. The second-order valence-corrected chi connectivity index (χ2v) is 5.54. The minimum absolute atomic E-state index is 0.0663. The Balaban J connectivity index is 2.27. The van der Waals surface area contributed by atoms with Crippen molar-refractivity contribution in [3.8, 4) is 11.1 Å². The predicted octanol–water partition coefficient (Wildman–Crippen LogP) is 3.91. The lowest BCUT2D eigenvalue weighted by Gasteiger charge is -2.08. The van der Waals surface area contributed by atoms with Gasteiger partial charge in [0.05, 0.1) is 15.9 Å². The third-order valence-corrected chi connectivity index (χ3v) is 4.19. The minimum Gasteiger partial charge on any atom is -0.396 e. The minimum atomic E-state index is -4.62. The Morgan fingerprint density at radius 1 is 1.09 bits per heavy atom. The molecular weight excluding hydrogens is 313 g/mol. The first-order chi connectivity index (χ1) is 10.5. The molecule has 0 aliphatic heterocycles. The molecule has 0 spiro atoms. The van der Waals surface area contributed by atoms with Crippen LogP contribution in [0.25, 0.3) is 21.3 Å². The summed E-state index contributed by atoms with van der Waals surface area (Å²) in [5, 5.41) is 10.8. The number of aliphatic hydroxyl groups excluding tert-OH is 1. The van der Waals surface area contributed by atoms with Crippen LogP contribution in [0.15, 0.2) is 35.7 Å². The average Bonchev–Trinajstić information content (AvgIpc) is 2.91. The van der Waals surface area contributed by atoms with Gasteiger partial charge in [-0.15, -0.1) is 11.3 Å². The zero-order chi connectivity index (χ0) is 15.7. The van der Waals surface area contributed by atoms with E-state index >= 15 is 0 Å². The first kappa shape index (κ1) is 14.9. The number of rotatable bonds is 3. The molecule has 0 fully saturated rings. The Labute approximate surface area is 128 Å². The summed E-state index contributed by atoms with van der Waals surface area (Å²) in [6.45, 7) is -0.262. The fourth-order valence-electron chi connectivity index (χ4n) is 2.20. The van der Waals surface area contributed by atoms with Crippen LogP contribution in [-0.2, 0) is 12.6 Å². The van der Waals surface area contributed by atoms with E-state index in [1.54, 1.807) is 5.38 Å². The van der Waals surface area contributed by atoms with Gasteiger partial charge < -0.3 is 5.11 Å². The maximum atomic E-state index is 13.0. The Hall–Kier alpha value is -1.99. The standard InChI is InChI=1S/C15H11F3N2OS/c16-15(17,18)14-19-11(6-7-21)13-12(20-14)10(8-22-13)9-4-2-1-3-5-9/h1-5,8,21H,6-7H2. The molecule has 1 N–H and O–H groups in total. The Bertz CT molecular complexity index is 800. The van der Waals surface area contributed by atoms with Crippen molar-refractivity contribution in [1.29, 1.82) is 0 Å². The molecule has 0 amide bonds. The lowest BCUT2D eigenvalue weighted by atomic mass is 10.1. The molecule has 3 nitrogen and oxygen atoms in total. The van der Waals surface area contributed by atoms with Gasteiger partial charge in [-0.3, -0.25) is 0 Å². The lowest BCUT2D eigenvalue weighted by molar-refractivity contribution is -0.144. The van der Waals surface area contributed by atoms with E-state index in [0.29, 0.717) is 10.3 Å². The summed E-state index contributed by atoms with van der Waals surface area (Å²) >= 11 is 1.29. The summed E-state index contributed by atoms with van der Waals surface area (Å²) in [5.74, 6) is -1.17. The fraction of sp³-hybridized carbons (Fsp3) is 0.200. The molecule has 114 valence electrons. The molecule has 2 heterocycles. The van der Waals surface area contributed by atoms with Gasteiger partial charge in [0.15, 0.2) is 0 Å². The Morgan fingerprint density at radius 2 is 1.82 bits per heavy atom. The smallest absolute Gasteiger partial charge is 0.396 e. The van der Waals surface area contributed by atoms with Crippen molar-refractivity contribution in [3.63, 3.8) is 0 Å². The van der Waals surface area contributed by atoms with Gasteiger partial charge in [-0.05, 0) is 5.56 Å². The lowest BCUT2D eigenvalue weighted by Crippen LogP contribution is -2.13. The Kier molecular flexibility index (Phi) is 3.84. The van der Waals surface area contributed by atoms with E-state index in [4.69, 9.17) is 5.11 Å². The van der Waals surface area contributed by atoms with Gasteiger partial charge in [-0.25, -0.2) is 9.97 Å². The van der Waals surface area contributed by atoms with E-state index < -0.39 is 12.0 Å². The monoisotopic (exact) mass is 324 g/mol. The summed E-state index contributed by atoms with van der Waals surface area (Å²) in [4.78, 5) is 7.30. The maximum Gasteiger partial charge on any atom is 0.451 e. The average molecular weight is 324 g/mol. The number of benzene rings is 1. The topological polar surface area (TPSA) is 46.0 Å². The highest BCUT2D eigenvalue weighted by atomic mass is 32.1. The summed E-state index contributed by atoms with van der Waals surface area (Å²) in [6, 6.07) is 9.12. The zero-order valence-corrected chi connectivity index (χ0v) is 12.1. The van der Waals surface area contributed by atoms with E-state index in [1.165, 1.54) is 11.3 Å². The number of aromatic nitrogens is 2. The molecule has 0 saturated carbocycles. The predicted molar refractivity (Wildman–Crippen MR) is 78.6 cm³/mol. The number of hydrogen-bond donors (Lipinski definition) is 1. The molecule has 0 bridgehead atoms. The van der Waals surface area contributed by atoms with Gasteiger partial charge in [-0.2, -0.15) is 13.2 Å². The highest BCUT2D eigenvalue weighted by Crippen LogP contribution is 2.36. The SMILES string of the molecule is OCCc1nc(C(F)(F)F)nc2c(-c3ccccc3)csc12. The number of hydrogen-bond acceptors (Lipinski definition) is 4. The van der Waals surface area contributed by atoms with Crippen LogP contribution >= 0.6 is 11.3 Å². The second-order valence-electron chi connectivity index (χ2n) is 4.66. The fourth-order valence-corrected chi connectivity index (χ4v) is 3.24. The Morgan fingerprint density at radius 3 is 2.45 bits per heavy atom. The van der Waals surface area contributed by atoms with E-state index in [0.717, 1.165) is 5.56 Å². The van der Waals surface area contributed by atoms with Crippen LogP contribution in [-0.4, -0.2) is 21.7 Å². The van der Waals surface area contributed by atoms with Gasteiger partial charge >= 0.3 is 6.18 Å². The quantitative estimate of drug-likeness (QED) is 0.794. The summed E-state index contributed by atoms with van der Waals surface area (Å²) in [7, 11) is 0. The molecule has 3 aromatic rings. The third-order valence-electron chi connectivity index (χ3n) is 3.17. The molecule has 0 aliphatic carbocycles. The van der Waals surface area contributed by atoms with E-state index in [1.807, 2.05) is 30.3 Å². The molecule has 0 saturated heterocycles. The van der Waals surface area contributed by atoms with Crippen molar-refractivity contribution in [2.45, 2.75) is 12.6 Å². The van der Waals surface area contributed by atoms with Crippen LogP contribution < -0.4 is 0 Å². The van der Waals surface area contributed by atoms with E-state index in [2.05, 4.69) is 9.97 Å². The van der Waals surface area contributed by atoms with E-state index in [9.17, 15) is 13.2 Å². The molecule has 22 heavy (non-hydrogen) atoms. The van der Waals surface area contributed by atoms with E-state index in [-0.39, 0.29) is 24.2 Å². The second kappa shape index (κ2) is 5.66. The molecule has 0 radical (unpaired) electrons. The van der Waals surface area contributed by atoms with Crippen LogP contribution in [0, 0.1) is 0 Å². The highest BCUT2D eigenvalue weighted by molar-refractivity contribution is 7.17. The van der Waals surface area contributed by atoms with Crippen molar-refractivity contribution >= 4 is 21.6 Å². The van der Waals surface area contributed by atoms with Crippen molar-refractivity contribution < 1.29 is 18.3 Å². The molecule has 1 aromatic carbocycles. The van der Waals surface area contributed by atoms with Crippen molar-refractivity contribution in [2.24, 2.45) is 0 Å². The molecule has 0 unspecified atom stereocenters. The largest absolute Gasteiger partial charge is 0.451 e. The summed E-state index contributed by atoms with van der Waals surface area (Å²) in [5.41, 5.74) is 1.96. The molecule has 0 aliphatic rings. The number of nitrogens with zero attached hydrogens (tertiary/aromatic N) is 2. The number of alkyl halides is 3. The van der Waals surface area contributed by atoms with Gasteiger partial charge in [0.1, 0.15) is 0 Å². The number of fused-ring (bicyclic) bond motifs is 1. The van der Waals surface area contributed by atoms with Crippen LogP contribution in [0.2, 0.25) is 0 Å². The van der Waals surface area contributed by atoms with Crippen molar-refractivity contribution in [2.75, 3.05) is 6.61 Å². The number of aliphatic hydroxyl groups is 1. The molecule has 2 aromatic heterocycles. The molecular formula is C15H11F3N2OS. The van der Waals surface area contributed by atoms with Gasteiger partial charge in [0, 0.05) is 24.0 Å². The van der Waals surface area contributed by atoms with Gasteiger partial charge in [-0.1, -0.05) is 30.3 Å². The number of thiophene rings is 1. The highest BCUT2D eigenvalue weighted by Gasteiger charge is 2.36. The summed E-state index contributed by atoms with van der Waals surface area (Å²) < 4.78 is 39.6. The first-order valence-corrected chi connectivity index (χ1v) is 7.40. The van der Waals surface area contributed by atoms with Crippen molar-refractivity contribution in [1.82, 2.24) is 9.97 Å². The van der Waals surface area contributed by atoms with Gasteiger partial charge in [0.2, 0.25) is 5.82 Å². The third kappa shape index (κ3) is 2.69. The first-order valence-electron chi connectivity index (χ1n) is 6.52. The normalized spacial score (nSPS) is 12.0. The van der Waals surface area contributed by atoms with Crippen LogP contribution in [0.5, 0.6) is 0 Å². The van der Waals surface area contributed by atoms with Crippen LogP contribution in [0.4, 0.5) is 13.2 Å². The van der Waals surface area contributed by atoms with Gasteiger partial charge in [0.25, 0.3) is 0 Å². The zero-order valence-electron chi connectivity index (χ0n) is 11.3. The van der Waals surface area contributed by atoms with Crippen LogP contribution in [0.1, 0.15) is 11.5 Å². The molecule has 3 rings (SSSR count). The molecule has 0 atom stereocenters. The van der Waals surface area contributed by atoms with Crippen LogP contribution in [0.3, 0.4) is 0 Å². The van der Waals surface area contributed by atoms with Crippen molar-refractivity contribution in [3.05, 3.63) is 47.2 Å². The maximum absolute atomic E-state index is 13.0.